The molecule has 0 heterocycles. The monoisotopic (exact) mass is 251 g/mol. The van der Waals surface area contributed by atoms with E-state index in [1.54, 1.807) is 19.2 Å². The van der Waals surface area contributed by atoms with Gasteiger partial charge in [-0.1, -0.05) is 19.9 Å². The third kappa shape index (κ3) is 2.72. The smallest absolute Gasteiger partial charge is 0.315 e. The van der Waals surface area contributed by atoms with E-state index in [1.165, 1.54) is 0 Å². The quantitative estimate of drug-likeness (QED) is 0.622. The molecule has 0 amide bonds. The fourth-order valence-corrected chi connectivity index (χ4v) is 2.24. The first-order valence-corrected chi connectivity index (χ1v) is 6.24. The Balaban J connectivity index is 3.26. The van der Waals surface area contributed by atoms with Gasteiger partial charge >= 0.3 is 5.69 Å². The van der Waals surface area contributed by atoms with E-state index in [0.717, 1.165) is 12.8 Å². The number of rotatable bonds is 6. The molecule has 5 nitrogen and oxygen atoms in total. The van der Waals surface area contributed by atoms with Gasteiger partial charge in [0.15, 0.2) is 0 Å². The summed E-state index contributed by atoms with van der Waals surface area (Å²) in [6, 6.07) is 5.68. The predicted molar refractivity (Wildman–Crippen MR) is 75.4 cm³/mol. The van der Waals surface area contributed by atoms with Crippen LogP contribution in [-0.4, -0.2) is 25.1 Å². The zero-order chi connectivity index (χ0) is 13.7. The van der Waals surface area contributed by atoms with Crippen molar-refractivity contribution in [3.8, 4) is 0 Å². The molecule has 1 aromatic rings. The molecule has 1 N–H and O–H groups in total. The second-order valence-corrected chi connectivity index (χ2v) is 4.26. The Kier molecular flexibility index (Phi) is 4.95. The number of benzene rings is 1. The van der Waals surface area contributed by atoms with Crippen LogP contribution in [0.2, 0.25) is 0 Å². The molecule has 0 atom stereocenters. The van der Waals surface area contributed by atoms with Crippen LogP contribution in [0.4, 0.5) is 17.1 Å². The highest BCUT2D eigenvalue weighted by molar-refractivity contribution is 5.76. The maximum Gasteiger partial charge on any atom is 0.315 e. The Labute approximate surface area is 108 Å². The molecule has 0 aliphatic heterocycles. The molecular formula is C13H21N3O2. The van der Waals surface area contributed by atoms with Crippen LogP contribution in [0, 0.1) is 10.1 Å². The fourth-order valence-electron chi connectivity index (χ4n) is 2.24. The van der Waals surface area contributed by atoms with Crippen molar-refractivity contribution < 1.29 is 4.92 Å². The number of hydrogen-bond acceptors (Lipinski definition) is 4. The van der Waals surface area contributed by atoms with Crippen molar-refractivity contribution in [1.29, 1.82) is 0 Å². The molecule has 0 spiro atoms. The molecule has 0 fully saturated rings. The van der Waals surface area contributed by atoms with E-state index in [1.807, 2.05) is 18.0 Å². The molecule has 100 valence electrons. The number of hydrogen-bond donors (Lipinski definition) is 1. The summed E-state index contributed by atoms with van der Waals surface area (Å²) in [5.41, 5.74) is 1.37. The molecular weight excluding hydrogens is 230 g/mol. The van der Waals surface area contributed by atoms with Gasteiger partial charge in [0.1, 0.15) is 11.4 Å². The molecule has 1 rings (SSSR count). The van der Waals surface area contributed by atoms with Crippen molar-refractivity contribution in [2.24, 2.45) is 0 Å². The van der Waals surface area contributed by atoms with Crippen LogP contribution in [-0.2, 0) is 0 Å². The Bertz CT molecular complexity index is 417. The average molecular weight is 251 g/mol. The highest BCUT2D eigenvalue weighted by Gasteiger charge is 2.24. The van der Waals surface area contributed by atoms with Crippen LogP contribution in [0.15, 0.2) is 18.2 Å². The third-order valence-corrected chi connectivity index (χ3v) is 3.34. The molecule has 1 aromatic carbocycles. The van der Waals surface area contributed by atoms with E-state index >= 15 is 0 Å². The van der Waals surface area contributed by atoms with Gasteiger partial charge in [0.05, 0.1) is 4.92 Å². The number of nitro benzene ring substituents is 1. The zero-order valence-corrected chi connectivity index (χ0v) is 11.4. The van der Waals surface area contributed by atoms with E-state index in [9.17, 15) is 10.1 Å². The van der Waals surface area contributed by atoms with Gasteiger partial charge in [-0.25, -0.2) is 0 Å². The maximum atomic E-state index is 11.2. The van der Waals surface area contributed by atoms with Crippen LogP contribution in [0.3, 0.4) is 0 Å². The van der Waals surface area contributed by atoms with Gasteiger partial charge in [-0.05, 0) is 25.0 Å². The summed E-state index contributed by atoms with van der Waals surface area (Å²) in [7, 11) is 3.61. The van der Waals surface area contributed by atoms with E-state index in [-0.39, 0.29) is 10.6 Å². The van der Waals surface area contributed by atoms with Gasteiger partial charge in [0.25, 0.3) is 0 Å². The second kappa shape index (κ2) is 6.23. The van der Waals surface area contributed by atoms with Gasteiger partial charge in [0, 0.05) is 20.1 Å². The minimum absolute atomic E-state index is 0.148. The lowest BCUT2D eigenvalue weighted by Crippen LogP contribution is -2.30. The highest BCUT2D eigenvalue weighted by Crippen LogP contribution is 2.36. The van der Waals surface area contributed by atoms with E-state index in [2.05, 4.69) is 19.2 Å². The molecule has 18 heavy (non-hydrogen) atoms. The average Bonchev–Trinajstić information content (AvgIpc) is 2.38. The lowest BCUT2D eigenvalue weighted by Gasteiger charge is -2.28. The van der Waals surface area contributed by atoms with E-state index < -0.39 is 0 Å². The normalized spacial score (nSPS) is 10.5. The molecule has 0 aromatic heterocycles. The number of nitrogens with zero attached hydrogens (tertiary/aromatic N) is 2. The largest absolute Gasteiger partial charge is 0.382 e. The topological polar surface area (TPSA) is 58.4 Å². The molecule has 0 radical (unpaired) electrons. The van der Waals surface area contributed by atoms with Crippen molar-refractivity contribution in [2.45, 2.75) is 32.7 Å². The SMILES string of the molecule is CCC(CC)N(C)c1cccc(NC)c1[N+](=O)[O-]. The minimum atomic E-state index is -0.319. The van der Waals surface area contributed by atoms with Gasteiger partial charge in [-0.2, -0.15) is 0 Å². The summed E-state index contributed by atoms with van der Waals surface area (Å²) in [4.78, 5) is 12.9. The molecule has 0 saturated heterocycles. The summed E-state index contributed by atoms with van der Waals surface area (Å²) in [5.74, 6) is 0. The summed E-state index contributed by atoms with van der Waals surface area (Å²) >= 11 is 0. The minimum Gasteiger partial charge on any atom is -0.382 e. The van der Waals surface area contributed by atoms with E-state index in [0.29, 0.717) is 17.4 Å². The van der Waals surface area contributed by atoms with Crippen LogP contribution < -0.4 is 10.2 Å². The number of nitrogens with one attached hydrogen (secondary N) is 1. The van der Waals surface area contributed by atoms with Crippen LogP contribution in [0.5, 0.6) is 0 Å². The fraction of sp³-hybridized carbons (Fsp3) is 0.538. The summed E-state index contributed by atoms with van der Waals surface area (Å²) < 4.78 is 0. The predicted octanol–water partition coefficient (Wildman–Crippen LogP) is 3.26. The van der Waals surface area contributed by atoms with Crippen LogP contribution in [0.1, 0.15) is 26.7 Å². The highest BCUT2D eigenvalue weighted by atomic mass is 16.6. The molecule has 0 aliphatic rings. The lowest BCUT2D eigenvalue weighted by atomic mass is 10.1. The Morgan fingerprint density at radius 1 is 1.39 bits per heavy atom. The second-order valence-electron chi connectivity index (χ2n) is 4.26. The molecule has 0 unspecified atom stereocenters. The Morgan fingerprint density at radius 3 is 2.44 bits per heavy atom. The first kappa shape index (κ1) is 14.3. The number of nitro groups is 1. The summed E-state index contributed by atoms with van der Waals surface area (Å²) in [6.07, 6.45) is 1.93. The number of anilines is 2. The van der Waals surface area contributed by atoms with E-state index in [4.69, 9.17) is 0 Å². The molecule has 0 aliphatic carbocycles. The molecule has 5 heteroatoms. The van der Waals surface area contributed by atoms with Crippen molar-refractivity contribution >= 4 is 17.1 Å². The van der Waals surface area contributed by atoms with Gasteiger partial charge in [0.2, 0.25) is 0 Å². The first-order valence-electron chi connectivity index (χ1n) is 6.24. The zero-order valence-electron chi connectivity index (χ0n) is 11.4. The van der Waals surface area contributed by atoms with Gasteiger partial charge in [-0.15, -0.1) is 0 Å². The van der Waals surface area contributed by atoms with Gasteiger partial charge < -0.3 is 10.2 Å². The lowest BCUT2D eigenvalue weighted by molar-refractivity contribution is -0.383. The maximum absolute atomic E-state index is 11.2. The molecule has 0 saturated carbocycles. The van der Waals surface area contributed by atoms with Crippen molar-refractivity contribution in [1.82, 2.24) is 0 Å². The van der Waals surface area contributed by atoms with Crippen molar-refractivity contribution in [3.05, 3.63) is 28.3 Å². The number of para-hydroxylation sites is 1. The summed E-state index contributed by atoms with van der Waals surface area (Å²) in [5, 5.41) is 14.1. The Morgan fingerprint density at radius 2 is 2.00 bits per heavy atom. The van der Waals surface area contributed by atoms with Crippen molar-refractivity contribution in [2.75, 3.05) is 24.3 Å². The standard InChI is InChI=1S/C13H21N3O2/c1-5-10(6-2)15(4)12-9-7-8-11(14-3)13(12)16(17)18/h7-10,14H,5-6H2,1-4H3. The Hall–Kier alpha value is -1.78. The van der Waals surface area contributed by atoms with Crippen molar-refractivity contribution in [3.63, 3.8) is 0 Å². The molecule has 0 bridgehead atoms. The van der Waals surface area contributed by atoms with Crippen LogP contribution >= 0.6 is 0 Å². The third-order valence-electron chi connectivity index (χ3n) is 3.34. The van der Waals surface area contributed by atoms with Gasteiger partial charge in [-0.3, -0.25) is 10.1 Å². The van der Waals surface area contributed by atoms with Crippen LogP contribution in [0.25, 0.3) is 0 Å². The first-order chi connectivity index (χ1) is 8.56. The summed E-state index contributed by atoms with van der Waals surface area (Å²) in [6.45, 7) is 4.19.